The minimum atomic E-state index is 1.24. The highest BCUT2D eigenvalue weighted by Gasteiger charge is 2.23. The summed E-state index contributed by atoms with van der Waals surface area (Å²) in [5.41, 5.74) is 8.93. The summed E-state index contributed by atoms with van der Waals surface area (Å²) in [6, 6.07) is 50.1. The molecule has 0 fully saturated rings. The van der Waals surface area contributed by atoms with Crippen molar-refractivity contribution in [1.82, 2.24) is 0 Å². The van der Waals surface area contributed by atoms with E-state index in [1.165, 1.54) is 64.3 Å². The lowest BCUT2D eigenvalue weighted by Gasteiger charge is -2.09. The number of thiophene rings is 2. The van der Waals surface area contributed by atoms with E-state index in [1.807, 2.05) is 22.7 Å². The van der Waals surface area contributed by atoms with Gasteiger partial charge in [0.25, 0.3) is 0 Å². The zero-order chi connectivity index (χ0) is 25.3. The standard InChI is InChI=1S/C36H24S2/c1-4-14-25(15-5-1)28-20-10-11-21-29(28)35-30-22-12-13-23-31(30)36(38-35)33-32(26-16-6-2-7-17-26)24-37-34(33)27-18-8-3-9-19-27/h1-24H. The van der Waals surface area contributed by atoms with Gasteiger partial charge in [-0.3, -0.25) is 0 Å². The zero-order valence-electron chi connectivity index (χ0n) is 20.7. The summed E-state index contributed by atoms with van der Waals surface area (Å²) < 4.78 is 0. The summed E-state index contributed by atoms with van der Waals surface area (Å²) in [4.78, 5) is 3.97. The fraction of sp³-hybridized carbons (Fsp3) is 0. The van der Waals surface area contributed by atoms with Crippen molar-refractivity contribution in [2.45, 2.75) is 0 Å². The molecule has 0 aliphatic heterocycles. The van der Waals surface area contributed by atoms with Crippen molar-refractivity contribution >= 4 is 33.4 Å². The van der Waals surface area contributed by atoms with Crippen molar-refractivity contribution in [3.63, 3.8) is 0 Å². The second-order valence-electron chi connectivity index (χ2n) is 9.30. The summed E-state index contributed by atoms with van der Waals surface area (Å²) >= 11 is 3.76. The van der Waals surface area contributed by atoms with Crippen molar-refractivity contribution in [1.29, 1.82) is 0 Å². The third-order valence-electron chi connectivity index (χ3n) is 7.02. The van der Waals surface area contributed by atoms with Gasteiger partial charge in [0, 0.05) is 42.1 Å². The van der Waals surface area contributed by atoms with Crippen LogP contribution in [0.5, 0.6) is 0 Å². The zero-order valence-corrected chi connectivity index (χ0v) is 22.3. The van der Waals surface area contributed by atoms with Crippen LogP contribution in [0.2, 0.25) is 0 Å². The number of hydrogen-bond acceptors (Lipinski definition) is 2. The van der Waals surface area contributed by atoms with E-state index in [4.69, 9.17) is 0 Å². The molecule has 0 unspecified atom stereocenters. The maximum Gasteiger partial charge on any atom is 0.0448 e. The second-order valence-corrected chi connectivity index (χ2v) is 11.2. The lowest BCUT2D eigenvalue weighted by atomic mass is 9.95. The molecule has 0 N–H and O–H groups in total. The quantitative estimate of drug-likeness (QED) is 0.212. The molecule has 0 amide bonds. The Hall–Kier alpha value is -4.24. The number of fused-ring (bicyclic) bond motifs is 1. The highest BCUT2D eigenvalue weighted by atomic mass is 32.1. The van der Waals surface area contributed by atoms with E-state index in [-0.39, 0.29) is 0 Å². The third-order valence-corrected chi connectivity index (χ3v) is 9.32. The first kappa shape index (κ1) is 22.9. The second kappa shape index (κ2) is 9.90. The summed E-state index contributed by atoms with van der Waals surface area (Å²) in [6.45, 7) is 0. The van der Waals surface area contributed by atoms with Crippen LogP contribution in [0.1, 0.15) is 0 Å². The van der Waals surface area contributed by atoms with E-state index in [9.17, 15) is 0 Å². The molecule has 7 rings (SSSR count). The summed E-state index contributed by atoms with van der Waals surface area (Å²) in [5.74, 6) is 0. The topological polar surface area (TPSA) is 0 Å². The molecule has 2 heteroatoms. The highest BCUT2D eigenvalue weighted by molar-refractivity contribution is 7.22. The van der Waals surface area contributed by atoms with Gasteiger partial charge in [-0.2, -0.15) is 0 Å². The van der Waals surface area contributed by atoms with Crippen molar-refractivity contribution in [2.75, 3.05) is 0 Å². The molecule has 0 saturated carbocycles. The van der Waals surface area contributed by atoms with E-state index in [1.54, 1.807) is 0 Å². The maximum atomic E-state index is 2.33. The first-order chi connectivity index (χ1) is 18.9. The van der Waals surface area contributed by atoms with Crippen molar-refractivity contribution < 1.29 is 0 Å². The van der Waals surface area contributed by atoms with E-state index in [0.717, 1.165) is 0 Å². The summed E-state index contributed by atoms with van der Waals surface area (Å²) in [6.07, 6.45) is 0. The maximum absolute atomic E-state index is 2.33. The SMILES string of the molecule is c1ccc(-c2ccccc2-c2sc(-c3c(-c4ccccc4)csc3-c3ccccc3)c3ccccc23)cc1. The smallest absolute Gasteiger partial charge is 0.0448 e. The highest BCUT2D eigenvalue weighted by Crippen LogP contribution is 2.53. The molecule has 0 bridgehead atoms. The summed E-state index contributed by atoms with van der Waals surface area (Å²) in [5, 5.41) is 4.95. The van der Waals surface area contributed by atoms with Crippen LogP contribution >= 0.6 is 22.7 Å². The number of hydrogen-bond donors (Lipinski definition) is 0. The first-order valence-corrected chi connectivity index (χ1v) is 14.5. The minimum Gasteiger partial charge on any atom is -0.142 e. The molecule has 38 heavy (non-hydrogen) atoms. The third kappa shape index (κ3) is 3.99. The van der Waals surface area contributed by atoms with Gasteiger partial charge in [0.1, 0.15) is 0 Å². The average molecular weight is 521 g/mol. The van der Waals surface area contributed by atoms with E-state index in [2.05, 4.69) is 145 Å². The lowest BCUT2D eigenvalue weighted by molar-refractivity contribution is 1.62. The van der Waals surface area contributed by atoms with E-state index in [0.29, 0.717) is 0 Å². The normalized spacial score (nSPS) is 11.2. The molecule has 0 aliphatic rings. The fourth-order valence-corrected chi connectivity index (χ4v) is 7.78. The van der Waals surface area contributed by atoms with Crippen LogP contribution < -0.4 is 0 Å². The Balaban J connectivity index is 1.53. The van der Waals surface area contributed by atoms with Gasteiger partial charge in [0.2, 0.25) is 0 Å². The molecule has 180 valence electrons. The van der Waals surface area contributed by atoms with Crippen molar-refractivity contribution in [3.8, 4) is 53.6 Å². The Kier molecular flexibility index (Phi) is 5.97. The van der Waals surface area contributed by atoms with Crippen LogP contribution in [0.3, 0.4) is 0 Å². The summed E-state index contributed by atoms with van der Waals surface area (Å²) in [7, 11) is 0. The van der Waals surface area contributed by atoms with Crippen LogP contribution in [-0.4, -0.2) is 0 Å². The molecule has 0 saturated heterocycles. The molecule has 2 heterocycles. The predicted octanol–water partition coefficient (Wildman–Crippen LogP) is 11.3. The van der Waals surface area contributed by atoms with Gasteiger partial charge in [-0.1, -0.05) is 140 Å². The van der Waals surface area contributed by atoms with Gasteiger partial charge >= 0.3 is 0 Å². The Morgan fingerprint density at radius 3 is 1.45 bits per heavy atom. The van der Waals surface area contributed by atoms with Crippen LogP contribution in [0, 0.1) is 0 Å². The van der Waals surface area contributed by atoms with Crippen LogP contribution in [-0.2, 0) is 0 Å². The number of benzene rings is 5. The van der Waals surface area contributed by atoms with Gasteiger partial charge < -0.3 is 0 Å². The fourth-order valence-electron chi connectivity index (χ4n) is 5.24. The Labute approximate surface area is 231 Å². The molecule has 0 spiro atoms. The molecule has 0 atom stereocenters. The first-order valence-electron chi connectivity index (χ1n) is 12.8. The van der Waals surface area contributed by atoms with Crippen LogP contribution in [0.15, 0.2) is 145 Å². The molecule has 5 aromatic carbocycles. The largest absolute Gasteiger partial charge is 0.142 e. The van der Waals surface area contributed by atoms with Gasteiger partial charge in [-0.05, 0) is 27.6 Å². The van der Waals surface area contributed by atoms with Gasteiger partial charge in [-0.15, -0.1) is 22.7 Å². The van der Waals surface area contributed by atoms with Crippen molar-refractivity contribution in [2.24, 2.45) is 0 Å². The molecule has 0 nitrogen and oxygen atoms in total. The monoisotopic (exact) mass is 520 g/mol. The van der Waals surface area contributed by atoms with Gasteiger partial charge in [0.15, 0.2) is 0 Å². The molecule has 0 radical (unpaired) electrons. The molecule has 2 aromatic heterocycles. The molecule has 0 aliphatic carbocycles. The molecule has 7 aromatic rings. The van der Waals surface area contributed by atoms with Gasteiger partial charge in [0.05, 0.1) is 0 Å². The Morgan fingerprint density at radius 1 is 0.342 bits per heavy atom. The Morgan fingerprint density at radius 2 is 0.816 bits per heavy atom. The minimum absolute atomic E-state index is 1.24. The van der Waals surface area contributed by atoms with E-state index < -0.39 is 0 Å². The van der Waals surface area contributed by atoms with Crippen molar-refractivity contribution in [3.05, 3.63) is 145 Å². The Bertz CT molecular complexity index is 1790. The predicted molar refractivity (Wildman–Crippen MR) is 167 cm³/mol. The molecular formula is C36H24S2. The molecular weight excluding hydrogens is 497 g/mol. The van der Waals surface area contributed by atoms with E-state index >= 15 is 0 Å². The van der Waals surface area contributed by atoms with Crippen LogP contribution in [0.4, 0.5) is 0 Å². The average Bonchev–Trinajstić information content (AvgIpc) is 3.61. The van der Waals surface area contributed by atoms with Gasteiger partial charge in [-0.25, -0.2) is 0 Å². The lowest BCUT2D eigenvalue weighted by Crippen LogP contribution is -1.82. The van der Waals surface area contributed by atoms with Crippen LogP contribution in [0.25, 0.3) is 64.3 Å². The number of rotatable bonds is 5.